The van der Waals surface area contributed by atoms with Gasteiger partial charge in [-0.15, -0.1) is 0 Å². The lowest BCUT2D eigenvalue weighted by molar-refractivity contribution is 0.147. The number of hydrogen-bond donors (Lipinski definition) is 2. The maximum atomic E-state index is 13.4. The molecule has 0 spiro atoms. The van der Waals surface area contributed by atoms with Gasteiger partial charge in [0.1, 0.15) is 11.7 Å². The van der Waals surface area contributed by atoms with Crippen molar-refractivity contribution in [3.63, 3.8) is 0 Å². The highest BCUT2D eigenvalue weighted by molar-refractivity contribution is 5.95. The van der Waals surface area contributed by atoms with Crippen molar-refractivity contribution in [2.24, 2.45) is 5.73 Å². The summed E-state index contributed by atoms with van der Waals surface area (Å²) in [5.74, 6) is -0.476. The Bertz CT molecular complexity index is 409. The molecule has 3 N–H and O–H groups in total. The highest BCUT2D eigenvalue weighted by atomic mass is 19.1. The predicted molar refractivity (Wildman–Crippen MR) is 70.2 cm³/mol. The zero-order valence-corrected chi connectivity index (χ0v) is 10.9. The van der Waals surface area contributed by atoms with Crippen LogP contribution in [-0.4, -0.2) is 37.5 Å². The van der Waals surface area contributed by atoms with Crippen LogP contribution in [-0.2, 0) is 11.3 Å². The molecular weight excluding hydrogens is 233 g/mol. The van der Waals surface area contributed by atoms with E-state index < -0.39 is 0 Å². The Morgan fingerprint density at radius 1 is 1.44 bits per heavy atom. The fourth-order valence-corrected chi connectivity index (χ4v) is 1.72. The van der Waals surface area contributed by atoms with Gasteiger partial charge in [-0.3, -0.25) is 10.3 Å². The summed E-state index contributed by atoms with van der Waals surface area (Å²) in [5.41, 5.74) is 6.62. The largest absolute Gasteiger partial charge is 0.384 e. The van der Waals surface area contributed by atoms with E-state index in [1.165, 1.54) is 12.1 Å². The number of nitrogens with zero attached hydrogens (tertiary/aromatic N) is 1. The first-order chi connectivity index (χ1) is 8.56. The van der Waals surface area contributed by atoms with Crippen molar-refractivity contribution >= 4 is 5.84 Å². The van der Waals surface area contributed by atoms with Gasteiger partial charge in [-0.25, -0.2) is 4.39 Å². The summed E-state index contributed by atoms with van der Waals surface area (Å²) in [6, 6.07) is 4.50. The number of methoxy groups -OCH3 is 1. The van der Waals surface area contributed by atoms with Crippen molar-refractivity contribution in [3.8, 4) is 0 Å². The Balaban J connectivity index is 2.79. The predicted octanol–water partition coefficient (Wildman–Crippen LogP) is 1.58. The van der Waals surface area contributed by atoms with E-state index in [0.29, 0.717) is 18.7 Å². The summed E-state index contributed by atoms with van der Waals surface area (Å²) < 4.78 is 18.4. The van der Waals surface area contributed by atoms with Crippen LogP contribution in [0.15, 0.2) is 18.2 Å². The van der Waals surface area contributed by atoms with Crippen molar-refractivity contribution in [1.82, 2.24) is 4.90 Å². The van der Waals surface area contributed by atoms with Gasteiger partial charge in [0.15, 0.2) is 0 Å². The van der Waals surface area contributed by atoms with Crippen LogP contribution in [0.5, 0.6) is 0 Å². The third-order valence-corrected chi connectivity index (χ3v) is 2.73. The van der Waals surface area contributed by atoms with E-state index in [2.05, 4.69) is 4.90 Å². The maximum Gasteiger partial charge on any atom is 0.124 e. The summed E-state index contributed by atoms with van der Waals surface area (Å²) in [7, 11) is 1.66. The van der Waals surface area contributed by atoms with Gasteiger partial charge in [0.25, 0.3) is 0 Å². The van der Waals surface area contributed by atoms with Crippen LogP contribution in [0.2, 0.25) is 0 Å². The Kier molecular flexibility index (Phi) is 5.74. The second kappa shape index (κ2) is 7.08. The Hall–Kier alpha value is -1.46. The molecule has 0 heterocycles. The number of benzene rings is 1. The lowest BCUT2D eigenvalue weighted by Crippen LogP contribution is -2.27. The molecule has 0 radical (unpaired) electrons. The van der Waals surface area contributed by atoms with E-state index in [1.807, 2.05) is 6.92 Å². The number of rotatable bonds is 7. The lowest BCUT2D eigenvalue weighted by Gasteiger charge is -2.20. The lowest BCUT2D eigenvalue weighted by atomic mass is 10.1. The molecule has 0 fully saturated rings. The van der Waals surface area contributed by atoms with Crippen molar-refractivity contribution in [1.29, 1.82) is 5.41 Å². The van der Waals surface area contributed by atoms with Gasteiger partial charge in [-0.2, -0.15) is 0 Å². The van der Waals surface area contributed by atoms with Gasteiger partial charge < -0.3 is 10.5 Å². The molecule has 0 unspecified atom stereocenters. The fraction of sp³-hybridized carbons (Fsp3) is 0.462. The van der Waals surface area contributed by atoms with Crippen LogP contribution in [0, 0.1) is 11.2 Å². The van der Waals surface area contributed by atoms with Gasteiger partial charge in [0, 0.05) is 25.8 Å². The Labute approximate surface area is 107 Å². The molecule has 0 saturated heterocycles. The zero-order valence-electron chi connectivity index (χ0n) is 10.9. The molecule has 1 aromatic carbocycles. The summed E-state index contributed by atoms with van der Waals surface area (Å²) >= 11 is 0. The second-order valence-electron chi connectivity index (χ2n) is 4.12. The van der Waals surface area contributed by atoms with Crippen molar-refractivity contribution in [2.45, 2.75) is 13.5 Å². The van der Waals surface area contributed by atoms with E-state index in [-0.39, 0.29) is 11.7 Å². The summed E-state index contributed by atoms with van der Waals surface area (Å²) in [6.45, 7) is 4.95. The molecule has 5 heteroatoms. The number of nitrogens with two attached hydrogens (primary N) is 1. The monoisotopic (exact) mass is 253 g/mol. The van der Waals surface area contributed by atoms with Crippen LogP contribution in [0.3, 0.4) is 0 Å². The minimum atomic E-state index is -0.361. The molecular formula is C13H20FN3O. The number of nitrogen functional groups attached to an aromatic ring is 1. The molecule has 18 heavy (non-hydrogen) atoms. The van der Waals surface area contributed by atoms with Crippen LogP contribution in [0.4, 0.5) is 4.39 Å². The first-order valence-corrected chi connectivity index (χ1v) is 5.92. The molecule has 1 aromatic rings. The third-order valence-electron chi connectivity index (χ3n) is 2.73. The minimum absolute atomic E-state index is 0.115. The fourth-order valence-electron chi connectivity index (χ4n) is 1.72. The molecule has 0 amide bonds. The van der Waals surface area contributed by atoms with E-state index >= 15 is 0 Å². The molecule has 4 nitrogen and oxygen atoms in total. The van der Waals surface area contributed by atoms with Crippen molar-refractivity contribution < 1.29 is 9.13 Å². The van der Waals surface area contributed by atoms with Crippen molar-refractivity contribution in [3.05, 3.63) is 35.1 Å². The number of hydrogen-bond acceptors (Lipinski definition) is 3. The first kappa shape index (κ1) is 14.6. The quantitative estimate of drug-likeness (QED) is 0.573. The number of halogens is 1. The van der Waals surface area contributed by atoms with Gasteiger partial charge in [-0.05, 0) is 30.3 Å². The molecule has 100 valence electrons. The van der Waals surface area contributed by atoms with Gasteiger partial charge in [-0.1, -0.05) is 6.92 Å². The SMILES string of the molecule is CCN(CCOC)Cc1cc(F)cc(C(=N)N)c1. The molecule has 0 saturated carbocycles. The number of nitrogens with one attached hydrogen (secondary N) is 1. The molecule has 0 atom stereocenters. The van der Waals surface area contributed by atoms with Gasteiger partial charge in [0.05, 0.1) is 6.61 Å². The third kappa shape index (κ3) is 4.43. The Morgan fingerprint density at radius 3 is 2.72 bits per heavy atom. The van der Waals surface area contributed by atoms with Crippen molar-refractivity contribution in [2.75, 3.05) is 26.8 Å². The molecule has 0 aliphatic heterocycles. The smallest absolute Gasteiger partial charge is 0.124 e. The van der Waals surface area contributed by atoms with Crippen LogP contribution in [0.25, 0.3) is 0 Å². The van der Waals surface area contributed by atoms with E-state index in [0.717, 1.165) is 18.7 Å². The van der Waals surface area contributed by atoms with E-state index in [4.69, 9.17) is 15.9 Å². The number of likely N-dealkylation sites (N-methyl/N-ethyl adjacent to an activating group) is 1. The molecule has 0 aliphatic rings. The molecule has 0 aliphatic carbocycles. The second-order valence-corrected chi connectivity index (χ2v) is 4.12. The summed E-state index contributed by atoms with van der Waals surface area (Å²) in [4.78, 5) is 2.14. The minimum Gasteiger partial charge on any atom is -0.384 e. The van der Waals surface area contributed by atoms with E-state index in [1.54, 1.807) is 13.2 Å². The van der Waals surface area contributed by atoms with Crippen LogP contribution >= 0.6 is 0 Å². The number of amidine groups is 1. The van der Waals surface area contributed by atoms with Gasteiger partial charge in [0.2, 0.25) is 0 Å². The molecule has 1 rings (SSSR count). The standard InChI is InChI=1S/C13H20FN3O/c1-3-17(4-5-18-2)9-10-6-11(13(15)16)8-12(14)7-10/h6-8H,3-5,9H2,1-2H3,(H3,15,16). The van der Waals surface area contributed by atoms with Crippen LogP contribution in [0.1, 0.15) is 18.1 Å². The average molecular weight is 253 g/mol. The molecule has 0 aromatic heterocycles. The maximum absolute atomic E-state index is 13.4. The summed E-state index contributed by atoms with van der Waals surface area (Å²) in [6.07, 6.45) is 0. The van der Waals surface area contributed by atoms with Crippen LogP contribution < -0.4 is 5.73 Å². The zero-order chi connectivity index (χ0) is 13.5. The highest BCUT2D eigenvalue weighted by Crippen LogP contribution is 2.11. The first-order valence-electron chi connectivity index (χ1n) is 5.92. The van der Waals surface area contributed by atoms with E-state index in [9.17, 15) is 4.39 Å². The average Bonchev–Trinajstić information content (AvgIpc) is 2.33. The van der Waals surface area contributed by atoms with Gasteiger partial charge >= 0.3 is 0 Å². The highest BCUT2D eigenvalue weighted by Gasteiger charge is 2.07. The topological polar surface area (TPSA) is 62.3 Å². The number of ether oxygens (including phenoxy) is 1. The molecule has 0 bridgehead atoms. The summed E-state index contributed by atoms with van der Waals surface area (Å²) in [5, 5.41) is 7.34. The normalized spacial score (nSPS) is 10.9. The Morgan fingerprint density at radius 2 is 2.17 bits per heavy atom.